The number of rotatable bonds is 5. The number of halogens is 1. The minimum absolute atomic E-state index is 0. The molecular weight excluding hydrogens is 231 g/mol. The Morgan fingerprint density at radius 3 is 2.25 bits per heavy atom. The molecule has 1 atom stereocenters. The fourth-order valence-corrected chi connectivity index (χ4v) is 0.632. The minimum Gasteiger partial charge on any atom is -0.480 e. The van der Waals surface area contributed by atoms with E-state index >= 15 is 0 Å². The van der Waals surface area contributed by atoms with Crippen LogP contribution in [-0.4, -0.2) is 23.7 Å². The minimum atomic E-state index is -0.933. The van der Waals surface area contributed by atoms with E-state index in [9.17, 15) is 4.79 Å². The normalized spacial score (nSPS) is 10.8. The summed E-state index contributed by atoms with van der Waals surface area (Å²) >= 11 is 0. The maximum Gasteiger partial charge on any atom is 0.320 e. The Hall–Kier alpha value is 0.199. The summed E-state index contributed by atoms with van der Waals surface area (Å²) in [5, 5.41) is 8.33. The number of unbranched alkanes of at least 4 members (excludes halogenated alkanes) is 1. The van der Waals surface area contributed by atoms with Gasteiger partial charge in [0.2, 0.25) is 0 Å². The fourth-order valence-electron chi connectivity index (χ4n) is 0.632. The smallest absolute Gasteiger partial charge is 0.320 e. The maximum absolute atomic E-state index is 10.1. The van der Waals surface area contributed by atoms with Gasteiger partial charge < -0.3 is 16.6 Å². The van der Waals surface area contributed by atoms with Crippen LogP contribution in [0.5, 0.6) is 0 Å². The second kappa shape index (κ2) is 11.2. The van der Waals surface area contributed by atoms with Gasteiger partial charge >= 0.3 is 5.97 Å². The molecule has 1 radical (unpaired) electrons. The first-order valence-electron chi connectivity index (χ1n) is 3.37. The zero-order chi connectivity index (χ0) is 7.98. The van der Waals surface area contributed by atoms with Crippen LogP contribution in [0.15, 0.2) is 0 Å². The zero-order valence-corrected chi connectivity index (χ0v) is 8.38. The van der Waals surface area contributed by atoms with Gasteiger partial charge in [-0.25, -0.2) is 0 Å². The van der Waals surface area contributed by atoms with E-state index in [0.29, 0.717) is 13.0 Å². The van der Waals surface area contributed by atoms with Gasteiger partial charge in [-0.2, -0.15) is 0 Å². The van der Waals surface area contributed by atoms with Crippen LogP contribution in [0.2, 0.25) is 0 Å². The van der Waals surface area contributed by atoms with Crippen LogP contribution < -0.4 is 11.5 Å². The maximum atomic E-state index is 10.1. The Morgan fingerprint density at radius 1 is 1.42 bits per heavy atom. The van der Waals surface area contributed by atoms with Crippen LogP contribution in [0.1, 0.15) is 19.3 Å². The molecule has 6 heteroatoms. The molecule has 0 rings (SSSR count). The van der Waals surface area contributed by atoms with Crippen LogP contribution in [0, 0.1) is 0 Å². The average molecular weight is 246 g/mol. The van der Waals surface area contributed by atoms with E-state index in [-0.39, 0.29) is 29.5 Å². The molecule has 0 aromatic heterocycles. The van der Waals surface area contributed by atoms with Gasteiger partial charge in [0.05, 0.1) is 0 Å². The monoisotopic (exact) mass is 245 g/mol. The van der Waals surface area contributed by atoms with Crippen molar-refractivity contribution in [3.63, 3.8) is 0 Å². The Balaban J connectivity index is -0.000000405. The standard InChI is InChI=1S/C6H14N2O2.ClH.Cu/c7-4-2-1-3-5(8)6(9)10;;/h5H,1-4,7-8H2,(H,9,10);1H;/t5-;;/m0../s1. The molecule has 0 aliphatic heterocycles. The second-order valence-electron chi connectivity index (χ2n) is 2.23. The van der Waals surface area contributed by atoms with E-state index in [1.807, 2.05) is 0 Å². The fraction of sp³-hybridized carbons (Fsp3) is 0.833. The van der Waals surface area contributed by atoms with Crippen LogP contribution in [-0.2, 0) is 21.9 Å². The summed E-state index contributed by atoms with van der Waals surface area (Å²) in [5.41, 5.74) is 10.4. The Kier molecular flexibility index (Phi) is 16.9. The molecule has 0 heterocycles. The molecule has 0 fully saturated rings. The van der Waals surface area contributed by atoms with Crippen molar-refractivity contribution in [1.29, 1.82) is 0 Å². The molecule has 0 saturated heterocycles. The summed E-state index contributed by atoms with van der Waals surface area (Å²) in [6.45, 7) is 0.604. The summed E-state index contributed by atoms with van der Waals surface area (Å²) in [6.07, 6.45) is 2.16. The van der Waals surface area contributed by atoms with Crippen molar-refractivity contribution < 1.29 is 27.0 Å². The Bertz CT molecular complexity index is 116. The number of hydrogen-bond donors (Lipinski definition) is 3. The van der Waals surface area contributed by atoms with Gasteiger partial charge in [0, 0.05) is 17.1 Å². The molecule has 0 amide bonds. The van der Waals surface area contributed by atoms with E-state index in [1.165, 1.54) is 0 Å². The summed E-state index contributed by atoms with van der Waals surface area (Å²) < 4.78 is 0. The molecule has 79 valence electrons. The first kappa shape index (κ1) is 18.1. The van der Waals surface area contributed by atoms with Crippen molar-refractivity contribution in [3.8, 4) is 0 Å². The predicted octanol–water partition coefficient (Wildman–Crippen LogP) is -0.0534. The predicted molar refractivity (Wildman–Crippen MR) is 45.8 cm³/mol. The first-order valence-corrected chi connectivity index (χ1v) is 3.37. The van der Waals surface area contributed by atoms with Gasteiger partial charge in [-0.3, -0.25) is 4.79 Å². The number of nitrogens with two attached hydrogens (primary N) is 2. The van der Waals surface area contributed by atoms with E-state index in [1.54, 1.807) is 0 Å². The third kappa shape index (κ3) is 10.2. The SMILES string of the molecule is Cl.NCCCC[C@H](N)C(=O)O.[Cu]. The summed E-state index contributed by atoms with van der Waals surface area (Å²) in [5.74, 6) is -0.933. The number of hydrogen-bond acceptors (Lipinski definition) is 3. The van der Waals surface area contributed by atoms with Crippen LogP contribution in [0.25, 0.3) is 0 Å². The number of aliphatic carboxylic acids is 1. The molecule has 0 spiro atoms. The molecule has 0 unspecified atom stereocenters. The number of carboxylic acid groups (broad SMARTS) is 1. The summed E-state index contributed by atoms with van der Waals surface area (Å²) in [4.78, 5) is 10.1. The van der Waals surface area contributed by atoms with Gasteiger partial charge in [-0.05, 0) is 19.4 Å². The molecule has 0 aliphatic carbocycles. The van der Waals surface area contributed by atoms with Crippen molar-refractivity contribution in [2.75, 3.05) is 6.54 Å². The molecule has 12 heavy (non-hydrogen) atoms. The summed E-state index contributed by atoms with van der Waals surface area (Å²) in [6, 6.07) is -0.716. The molecule has 0 bridgehead atoms. The third-order valence-electron chi connectivity index (χ3n) is 1.29. The largest absolute Gasteiger partial charge is 0.480 e. The Labute approximate surface area is 88.9 Å². The van der Waals surface area contributed by atoms with Gasteiger partial charge in [0.1, 0.15) is 6.04 Å². The first-order chi connectivity index (χ1) is 4.68. The molecule has 0 saturated carbocycles. The molecule has 0 aliphatic rings. The van der Waals surface area contributed by atoms with Crippen LogP contribution in [0.4, 0.5) is 0 Å². The quantitative estimate of drug-likeness (QED) is 0.468. The molecule has 4 nitrogen and oxygen atoms in total. The number of carboxylic acids is 1. The number of carbonyl (C=O) groups is 1. The van der Waals surface area contributed by atoms with Crippen molar-refractivity contribution in [3.05, 3.63) is 0 Å². The van der Waals surface area contributed by atoms with E-state index in [4.69, 9.17) is 16.6 Å². The van der Waals surface area contributed by atoms with Crippen LogP contribution >= 0.6 is 12.4 Å². The van der Waals surface area contributed by atoms with E-state index in [2.05, 4.69) is 0 Å². The molecular formula is C6H15ClCuN2O2. The van der Waals surface area contributed by atoms with Crippen molar-refractivity contribution in [2.45, 2.75) is 25.3 Å². The van der Waals surface area contributed by atoms with Crippen molar-refractivity contribution in [2.24, 2.45) is 11.5 Å². The molecule has 5 N–H and O–H groups in total. The van der Waals surface area contributed by atoms with E-state index < -0.39 is 12.0 Å². The van der Waals surface area contributed by atoms with Gasteiger partial charge in [-0.1, -0.05) is 6.42 Å². The van der Waals surface area contributed by atoms with Gasteiger partial charge in [-0.15, -0.1) is 12.4 Å². The van der Waals surface area contributed by atoms with Crippen molar-refractivity contribution >= 4 is 18.4 Å². The second-order valence-corrected chi connectivity index (χ2v) is 2.23. The topological polar surface area (TPSA) is 89.3 Å². The molecule has 0 aromatic carbocycles. The van der Waals surface area contributed by atoms with Gasteiger partial charge in [0.15, 0.2) is 0 Å². The summed E-state index contributed by atoms with van der Waals surface area (Å²) in [7, 11) is 0. The van der Waals surface area contributed by atoms with Gasteiger partial charge in [0.25, 0.3) is 0 Å². The third-order valence-corrected chi connectivity index (χ3v) is 1.29. The average Bonchev–Trinajstić information content (AvgIpc) is 1.88. The molecule has 0 aromatic rings. The Morgan fingerprint density at radius 2 is 1.92 bits per heavy atom. The van der Waals surface area contributed by atoms with Crippen molar-refractivity contribution in [1.82, 2.24) is 0 Å². The zero-order valence-electron chi connectivity index (χ0n) is 6.63. The van der Waals surface area contributed by atoms with Crippen LogP contribution in [0.3, 0.4) is 0 Å². The van der Waals surface area contributed by atoms with E-state index in [0.717, 1.165) is 12.8 Å².